The Bertz CT molecular complexity index is 1520. The molecule has 0 fully saturated rings. The Kier molecular flexibility index (Phi) is 7.89. The van der Waals surface area contributed by atoms with E-state index in [0.29, 0.717) is 38.2 Å². The van der Waals surface area contributed by atoms with Crippen molar-refractivity contribution in [3.8, 4) is 17.2 Å². The van der Waals surface area contributed by atoms with Gasteiger partial charge in [-0.25, -0.2) is 0 Å². The lowest BCUT2D eigenvalue weighted by Crippen LogP contribution is -2.22. The molecule has 2 atom stereocenters. The SMILES string of the molecule is COc1cc(NC(C(=O)c2c[nH]c3ccc(OC(F)(F)F)cc23)c2ccc(Cl)cc2OC)cc(S(C)=O)c1. The van der Waals surface area contributed by atoms with Crippen molar-refractivity contribution >= 4 is 44.8 Å². The highest BCUT2D eigenvalue weighted by molar-refractivity contribution is 7.84. The van der Waals surface area contributed by atoms with Gasteiger partial charge in [0.2, 0.25) is 0 Å². The van der Waals surface area contributed by atoms with Gasteiger partial charge in [-0.2, -0.15) is 0 Å². The average molecular weight is 567 g/mol. The van der Waals surface area contributed by atoms with Gasteiger partial charge in [0.1, 0.15) is 23.3 Å². The number of hydrogen-bond donors (Lipinski definition) is 2. The van der Waals surface area contributed by atoms with Gasteiger partial charge in [-0.3, -0.25) is 9.00 Å². The number of rotatable bonds is 9. The highest BCUT2D eigenvalue weighted by Gasteiger charge is 2.32. The van der Waals surface area contributed by atoms with Crippen LogP contribution in [0.5, 0.6) is 17.2 Å². The molecule has 2 N–H and O–H groups in total. The highest BCUT2D eigenvalue weighted by atomic mass is 35.5. The number of nitrogens with one attached hydrogen (secondary N) is 2. The quantitative estimate of drug-likeness (QED) is 0.225. The molecular weight excluding hydrogens is 545 g/mol. The van der Waals surface area contributed by atoms with Gasteiger partial charge in [0.15, 0.2) is 5.78 Å². The molecule has 0 radical (unpaired) electrons. The summed E-state index contributed by atoms with van der Waals surface area (Å²) in [6.45, 7) is 0. The maximum Gasteiger partial charge on any atom is 0.573 e. The van der Waals surface area contributed by atoms with E-state index in [-0.39, 0.29) is 10.9 Å². The lowest BCUT2D eigenvalue weighted by Gasteiger charge is -2.22. The minimum absolute atomic E-state index is 0.115. The number of carbonyl (C=O) groups is 1. The number of ether oxygens (including phenoxy) is 3. The van der Waals surface area contributed by atoms with E-state index in [1.54, 1.807) is 36.4 Å². The summed E-state index contributed by atoms with van der Waals surface area (Å²) in [7, 11) is 1.53. The van der Waals surface area contributed by atoms with Gasteiger partial charge in [0.05, 0.1) is 14.2 Å². The van der Waals surface area contributed by atoms with Crippen molar-refractivity contribution in [3.05, 3.63) is 76.9 Å². The van der Waals surface area contributed by atoms with Crippen LogP contribution in [0, 0.1) is 0 Å². The second-order valence-corrected chi connectivity index (χ2v) is 9.95. The number of fused-ring (bicyclic) bond motifs is 1. The third kappa shape index (κ3) is 6.05. The zero-order valence-corrected chi connectivity index (χ0v) is 21.9. The Morgan fingerprint density at radius 2 is 1.79 bits per heavy atom. The summed E-state index contributed by atoms with van der Waals surface area (Å²) in [4.78, 5) is 17.4. The fourth-order valence-electron chi connectivity index (χ4n) is 3.97. The number of benzene rings is 3. The maximum absolute atomic E-state index is 14.0. The fraction of sp³-hybridized carbons (Fsp3) is 0.192. The van der Waals surface area contributed by atoms with Crippen LogP contribution in [0.2, 0.25) is 5.02 Å². The fourth-order valence-corrected chi connectivity index (χ4v) is 4.71. The van der Waals surface area contributed by atoms with Crippen LogP contribution in [0.3, 0.4) is 0 Å². The molecule has 7 nitrogen and oxygen atoms in total. The highest BCUT2D eigenvalue weighted by Crippen LogP contribution is 2.36. The summed E-state index contributed by atoms with van der Waals surface area (Å²) in [5.41, 5.74) is 1.39. The number of anilines is 1. The lowest BCUT2D eigenvalue weighted by molar-refractivity contribution is -0.274. The first-order valence-electron chi connectivity index (χ1n) is 11.0. The van der Waals surface area contributed by atoms with Gasteiger partial charge >= 0.3 is 6.36 Å². The molecule has 38 heavy (non-hydrogen) atoms. The second kappa shape index (κ2) is 11.0. The van der Waals surface area contributed by atoms with Crippen molar-refractivity contribution in [1.29, 1.82) is 0 Å². The largest absolute Gasteiger partial charge is 0.573 e. The topological polar surface area (TPSA) is 89.7 Å². The monoisotopic (exact) mass is 566 g/mol. The molecular formula is C26H22ClF3N2O5S. The third-order valence-electron chi connectivity index (χ3n) is 5.68. The van der Waals surface area contributed by atoms with Crippen LogP contribution in [-0.4, -0.2) is 41.8 Å². The molecule has 200 valence electrons. The number of H-pyrrole nitrogens is 1. The number of ketones is 1. The van der Waals surface area contributed by atoms with E-state index >= 15 is 0 Å². The second-order valence-electron chi connectivity index (χ2n) is 8.14. The van der Waals surface area contributed by atoms with Crippen molar-refractivity contribution in [1.82, 2.24) is 4.98 Å². The van der Waals surface area contributed by atoms with Crippen LogP contribution in [0.15, 0.2) is 65.7 Å². The lowest BCUT2D eigenvalue weighted by atomic mass is 9.95. The molecule has 0 amide bonds. The average Bonchev–Trinajstić information content (AvgIpc) is 3.29. The van der Waals surface area contributed by atoms with Crippen molar-refractivity contribution < 1.29 is 36.4 Å². The zero-order valence-electron chi connectivity index (χ0n) is 20.3. The van der Waals surface area contributed by atoms with Gasteiger partial charge in [-0.05, 0) is 42.5 Å². The minimum Gasteiger partial charge on any atom is -0.497 e. The Balaban J connectivity index is 1.84. The molecule has 1 aromatic heterocycles. The minimum atomic E-state index is -4.89. The first-order chi connectivity index (χ1) is 18.0. The Labute approximate surface area is 223 Å². The van der Waals surface area contributed by atoms with Crippen LogP contribution in [0.25, 0.3) is 10.9 Å². The standard InChI is InChI=1S/C26H22ClF3N2O5S/c1-35-17-9-15(10-18(11-17)38(3)34)32-24(19-6-4-14(27)8-23(19)36-2)25(33)21-13-31-22-7-5-16(12-20(21)22)37-26(28,29)30/h4-13,24,31-32H,1-3H3. The molecule has 0 aliphatic carbocycles. The van der Waals surface area contributed by atoms with Crippen LogP contribution < -0.4 is 19.5 Å². The Morgan fingerprint density at radius 1 is 1.03 bits per heavy atom. The van der Waals surface area contributed by atoms with E-state index in [0.717, 1.165) is 12.1 Å². The number of aromatic nitrogens is 1. The van der Waals surface area contributed by atoms with Crippen LogP contribution >= 0.6 is 11.6 Å². The molecule has 12 heteroatoms. The van der Waals surface area contributed by atoms with Crippen LogP contribution in [0.1, 0.15) is 22.0 Å². The van der Waals surface area contributed by atoms with Crippen molar-refractivity contribution in [3.63, 3.8) is 0 Å². The molecule has 2 unspecified atom stereocenters. The van der Waals surface area contributed by atoms with E-state index in [9.17, 15) is 22.2 Å². The molecule has 0 aliphatic heterocycles. The van der Waals surface area contributed by atoms with Gasteiger partial charge < -0.3 is 24.5 Å². The van der Waals surface area contributed by atoms with E-state index in [1.807, 2.05) is 0 Å². The molecule has 0 spiro atoms. The van der Waals surface area contributed by atoms with E-state index in [2.05, 4.69) is 15.0 Å². The summed E-state index contributed by atoms with van der Waals surface area (Å²) >= 11 is 6.14. The van der Waals surface area contributed by atoms with Crippen molar-refractivity contribution in [2.45, 2.75) is 17.3 Å². The zero-order chi connectivity index (χ0) is 27.6. The predicted molar refractivity (Wildman–Crippen MR) is 139 cm³/mol. The van der Waals surface area contributed by atoms with Gasteiger partial charge in [-0.15, -0.1) is 13.2 Å². The summed E-state index contributed by atoms with van der Waals surface area (Å²) in [5, 5.41) is 3.76. The Hall–Kier alpha value is -3.70. The molecule has 4 rings (SSSR count). The van der Waals surface area contributed by atoms with Gasteiger partial charge in [-0.1, -0.05) is 17.7 Å². The predicted octanol–water partition coefficient (Wildman–Crippen LogP) is 6.51. The van der Waals surface area contributed by atoms with Crippen molar-refractivity contribution in [2.75, 3.05) is 25.8 Å². The number of halogens is 4. The number of Topliss-reactive ketones (excluding diaryl/α,β-unsaturated/α-hetero) is 1. The summed E-state index contributed by atoms with van der Waals surface area (Å²) in [6.07, 6.45) is -1.96. The summed E-state index contributed by atoms with van der Waals surface area (Å²) < 4.78 is 65.5. The summed E-state index contributed by atoms with van der Waals surface area (Å²) in [5.74, 6) is -0.222. The number of alkyl halides is 3. The van der Waals surface area contributed by atoms with E-state index < -0.39 is 34.7 Å². The summed E-state index contributed by atoms with van der Waals surface area (Å²) in [6, 6.07) is 12.2. The molecule has 3 aromatic carbocycles. The number of aromatic amines is 1. The van der Waals surface area contributed by atoms with E-state index in [4.69, 9.17) is 21.1 Å². The molecule has 0 saturated heterocycles. The molecule has 0 bridgehead atoms. The molecule has 4 aromatic rings. The number of methoxy groups -OCH3 is 2. The number of hydrogen-bond acceptors (Lipinski definition) is 6. The molecule has 0 saturated carbocycles. The maximum atomic E-state index is 14.0. The third-order valence-corrected chi connectivity index (χ3v) is 6.81. The molecule has 1 heterocycles. The van der Waals surface area contributed by atoms with Crippen LogP contribution in [0.4, 0.5) is 18.9 Å². The van der Waals surface area contributed by atoms with Crippen molar-refractivity contribution in [2.24, 2.45) is 0 Å². The Morgan fingerprint density at radius 3 is 2.45 bits per heavy atom. The normalized spacial score (nSPS) is 13.1. The first kappa shape index (κ1) is 27.3. The smallest absolute Gasteiger partial charge is 0.497 e. The molecule has 0 aliphatic rings. The number of carbonyl (C=O) groups excluding carboxylic acids is 1. The van der Waals surface area contributed by atoms with Gasteiger partial charge in [0, 0.05) is 67.0 Å². The first-order valence-corrected chi connectivity index (χ1v) is 13.0. The van der Waals surface area contributed by atoms with Gasteiger partial charge in [0.25, 0.3) is 0 Å². The van der Waals surface area contributed by atoms with Crippen LogP contribution in [-0.2, 0) is 10.8 Å². The van der Waals surface area contributed by atoms with E-state index in [1.165, 1.54) is 32.7 Å².